The highest BCUT2D eigenvalue weighted by atomic mass is 35.5. The quantitative estimate of drug-likeness (QED) is 0.715. The minimum Gasteiger partial charge on any atom is -0.458 e. The second-order valence-electron chi connectivity index (χ2n) is 3.06. The van der Waals surface area contributed by atoms with Gasteiger partial charge in [0.1, 0.15) is 6.04 Å². The molecule has 1 aliphatic heterocycles. The minimum absolute atomic E-state index is 0. The van der Waals surface area contributed by atoms with Crippen molar-refractivity contribution < 1.29 is 19.0 Å². The molecule has 1 rings (SSSR count). The van der Waals surface area contributed by atoms with E-state index < -0.39 is 12.0 Å². The first-order valence-electron chi connectivity index (χ1n) is 4.03. The van der Waals surface area contributed by atoms with Crippen LogP contribution in [0, 0.1) is 5.92 Å². The van der Waals surface area contributed by atoms with Gasteiger partial charge in [-0.15, -0.1) is 12.4 Å². The fourth-order valence-electron chi connectivity index (χ4n) is 0.721. The lowest BCUT2D eigenvalue weighted by Gasteiger charge is -2.13. The van der Waals surface area contributed by atoms with Gasteiger partial charge in [0.2, 0.25) is 6.79 Å². The number of hydrogen-bond donors (Lipinski definition) is 1. The number of carbonyl (C=O) groups excluding carboxylic acids is 1. The summed E-state index contributed by atoms with van der Waals surface area (Å²) in [7, 11) is 0. The molecule has 0 spiro atoms. The number of rotatable bonds is 3. The third kappa shape index (κ3) is 3.43. The average Bonchev–Trinajstić information content (AvgIpc) is 2.55. The van der Waals surface area contributed by atoms with Gasteiger partial charge in [0.05, 0.1) is 0 Å². The van der Waals surface area contributed by atoms with E-state index in [0.29, 0.717) is 0 Å². The molecule has 0 fully saturated rings. The highest BCUT2D eigenvalue weighted by Crippen LogP contribution is 2.10. The fourth-order valence-corrected chi connectivity index (χ4v) is 0.721. The predicted molar refractivity (Wildman–Crippen MR) is 51.3 cm³/mol. The van der Waals surface area contributed by atoms with E-state index >= 15 is 0 Å². The van der Waals surface area contributed by atoms with Gasteiger partial charge < -0.3 is 19.9 Å². The minimum atomic E-state index is -0.634. The van der Waals surface area contributed by atoms with Crippen molar-refractivity contribution in [3.63, 3.8) is 0 Å². The molecule has 0 unspecified atom stereocenters. The normalized spacial score (nSPS) is 16.1. The van der Waals surface area contributed by atoms with Crippen LogP contribution in [-0.4, -0.2) is 18.8 Å². The van der Waals surface area contributed by atoms with Crippen molar-refractivity contribution in [1.29, 1.82) is 0 Å². The van der Waals surface area contributed by atoms with Crippen LogP contribution in [0.4, 0.5) is 0 Å². The second-order valence-corrected chi connectivity index (χ2v) is 3.06. The van der Waals surface area contributed by atoms with E-state index in [1.807, 2.05) is 13.8 Å². The maximum absolute atomic E-state index is 11.2. The molecule has 14 heavy (non-hydrogen) atoms. The Balaban J connectivity index is 0.00000169. The van der Waals surface area contributed by atoms with Gasteiger partial charge in [0, 0.05) is 0 Å². The molecule has 0 aromatic heterocycles. The van der Waals surface area contributed by atoms with Crippen LogP contribution in [0.1, 0.15) is 13.8 Å². The largest absolute Gasteiger partial charge is 0.458 e. The van der Waals surface area contributed by atoms with Crippen LogP contribution in [0.25, 0.3) is 0 Å². The lowest BCUT2D eigenvalue weighted by molar-refractivity contribution is -0.147. The Hall–Kier alpha value is -0.940. The third-order valence-corrected chi connectivity index (χ3v) is 1.64. The zero-order valence-electron chi connectivity index (χ0n) is 8.06. The summed E-state index contributed by atoms with van der Waals surface area (Å²) >= 11 is 0. The van der Waals surface area contributed by atoms with Gasteiger partial charge in [-0.05, 0) is 5.92 Å². The molecule has 6 heteroatoms. The van der Waals surface area contributed by atoms with Crippen molar-refractivity contribution >= 4 is 18.4 Å². The van der Waals surface area contributed by atoms with Crippen LogP contribution in [0.2, 0.25) is 0 Å². The Morgan fingerprint density at radius 1 is 1.64 bits per heavy atom. The van der Waals surface area contributed by atoms with Gasteiger partial charge in [-0.3, -0.25) is 0 Å². The molecule has 1 heterocycles. The Kier molecular flexibility index (Phi) is 5.34. The van der Waals surface area contributed by atoms with Crippen molar-refractivity contribution in [3.05, 3.63) is 12.2 Å². The summed E-state index contributed by atoms with van der Waals surface area (Å²) in [6.07, 6.45) is 1.24. The predicted octanol–water partition coefficient (Wildman–Crippen LogP) is 0.738. The number of nitrogens with two attached hydrogens (primary N) is 1. The molecular weight excluding hydrogens is 210 g/mol. The van der Waals surface area contributed by atoms with Crippen LogP contribution in [0.3, 0.4) is 0 Å². The molecular formula is C8H14ClNO4. The first-order chi connectivity index (χ1) is 6.11. The molecule has 2 N–H and O–H groups in total. The van der Waals surface area contributed by atoms with Crippen LogP contribution in [0.15, 0.2) is 12.2 Å². The summed E-state index contributed by atoms with van der Waals surface area (Å²) < 4.78 is 14.3. The molecule has 5 nitrogen and oxygen atoms in total. The fraction of sp³-hybridized carbons (Fsp3) is 0.625. The highest BCUT2D eigenvalue weighted by molar-refractivity contribution is 5.85. The molecule has 0 saturated heterocycles. The number of carbonyl (C=O) groups is 1. The van der Waals surface area contributed by atoms with Crippen molar-refractivity contribution in [3.8, 4) is 0 Å². The molecule has 0 aromatic rings. The molecule has 0 bridgehead atoms. The van der Waals surface area contributed by atoms with Gasteiger partial charge in [-0.25, -0.2) is 4.79 Å². The topological polar surface area (TPSA) is 70.8 Å². The first-order valence-corrected chi connectivity index (χ1v) is 4.03. The number of halogens is 1. The summed E-state index contributed by atoms with van der Waals surface area (Å²) in [4.78, 5) is 11.2. The van der Waals surface area contributed by atoms with Gasteiger partial charge in [-0.1, -0.05) is 13.8 Å². The molecule has 0 aromatic carbocycles. The van der Waals surface area contributed by atoms with Crippen LogP contribution < -0.4 is 5.73 Å². The van der Waals surface area contributed by atoms with Crippen molar-refractivity contribution in [2.45, 2.75) is 19.9 Å². The van der Waals surface area contributed by atoms with E-state index in [9.17, 15) is 4.79 Å². The Labute approximate surface area is 88.6 Å². The molecule has 0 aliphatic carbocycles. The van der Waals surface area contributed by atoms with Gasteiger partial charge in [-0.2, -0.15) is 0 Å². The Morgan fingerprint density at radius 2 is 2.29 bits per heavy atom. The maximum atomic E-state index is 11.2. The number of esters is 1. The van der Waals surface area contributed by atoms with E-state index in [4.69, 9.17) is 19.9 Å². The number of hydrogen-bond acceptors (Lipinski definition) is 5. The van der Waals surface area contributed by atoms with Gasteiger partial charge >= 0.3 is 11.9 Å². The van der Waals surface area contributed by atoms with Crippen LogP contribution >= 0.6 is 12.4 Å². The smallest absolute Gasteiger partial charge is 0.331 e. The van der Waals surface area contributed by atoms with Crippen molar-refractivity contribution in [2.24, 2.45) is 11.7 Å². The second kappa shape index (κ2) is 5.72. The highest BCUT2D eigenvalue weighted by Gasteiger charge is 2.22. The Bertz CT molecular complexity index is 229. The van der Waals surface area contributed by atoms with Crippen molar-refractivity contribution in [1.82, 2.24) is 0 Å². The number of ether oxygens (including phenoxy) is 3. The van der Waals surface area contributed by atoms with E-state index in [1.165, 1.54) is 6.26 Å². The summed E-state index contributed by atoms with van der Waals surface area (Å²) in [5.41, 5.74) is 5.54. The van der Waals surface area contributed by atoms with E-state index in [-0.39, 0.29) is 31.1 Å². The third-order valence-electron chi connectivity index (χ3n) is 1.64. The Morgan fingerprint density at radius 3 is 2.71 bits per heavy atom. The SMILES string of the molecule is CC(C)[C@H](N)C(=O)OC1=COCO1.Cl. The standard InChI is InChI=1S/C8H13NO4.ClH/c1-5(2)7(9)8(10)13-6-3-11-4-12-6;/h3,5,7H,4,9H2,1-2H3;1H/t7-;/m0./s1. The zero-order valence-corrected chi connectivity index (χ0v) is 8.87. The van der Waals surface area contributed by atoms with Crippen LogP contribution in [-0.2, 0) is 19.0 Å². The molecule has 0 radical (unpaired) electrons. The van der Waals surface area contributed by atoms with Crippen LogP contribution in [0.5, 0.6) is 0 Å². The maximum Gasteiger partial charge on any atom is 0.331 e. The average molecular weight is 224 g/mol. The molecule has 1 atom stereocenters. The molecule has 1 aliphatic rings. The molecule has 0 saturated carbocycles. The summed E-state index contributed by atoms with van der Waals surface area (Å²) in [5.74, 6) is -0.400. The first kappa shape index (κ1) is 13.1. The molecule has 0 amide bonds. The van der Waals surface area contributed by atoms with E-state index in [1.54, 1.807) is 0 Å². The van der Waals surface area contributed by atoms with Crippen molar-refractivity contribution in [2.75, 3.05) is 6.79 Å². The summed E-state index contributed by atoms with van der Waals surface area (Å²) in [6.45, 7) is 3.76. The van der Waals surface area contributed by atoms with E-state index in [0.717, 1.165) is 0 Å². The van der Waals surface area contributed by atoms with Gasteiger partial charge in [0.25, 0.3) is 0 Å². The summed E-state index contributed by atoms with van der Waals surface area (Å²) in [5, 5.41) is 0. The monoisotopic (exact) mass is 223 g/mol. The lowest BCUT2D eigenvalue weighted by atomic mass is 10.1. The van der Waals surface area contributed by atoms with Gasteiger partial charge in [0.15, 0.2) is 6.26 Å². The zero-order chi connectivity index (χ0) is 9.84. The summed E-state index contributed by atoms with van der Waals surface area (Å²) in [6, 6.07) is -0.634. The van der Waals surface area contributed by atoms with E-state index in [2.05, 4.69) is 0 Å². The lowest BCUT2D eigenvalue weighted by Crippen LogP contribution is -2.36. The molecule has 82 valence electrons.